The van der Waals surface area contributed by atoms with Crippen LogP contribution in [-0.4, -0.2) is 34.9 Å². The number of rotatable bonds is 7. The van der Waals surface area contributed by atoms with Crippen LogP contribution >= 0.6 is 0 Å². The van der Waals surface area contributed by atoms with Crippen molar-refractivity contribution in [3.05, 3.63) is 18.0 Å². The normalized spacial score (nSPS) is 10.8. The van der Waals surface area contributed by atoms with E-state index in [9.17, 15) is 4.79 Å². The summed E-state index contributed by atoms with van der Waals surface area (Å²) in [5.74, 6) is -0.0748. The van der Waals surface area contributed by atoms with Gasteiger partial charge in [-0.05, 0) is 27.2 Å². The van der Waals surface area contributed by atoms with Gasteiger partial charge in [0.25, 0.3) is 5.91 Å². The molecule has 0 aliphatic heterocycles. The van der Waals surface area contributed by atoms with Crippen LogP contribution in [0.1, 0.15) is 37.6 Å². The van der Waals surface area contributed by atoms with E-state index in [2.05, 4.69) is 10.4 Å². The Kier molecular flexibility index (Phi) is 5.69. The maximum atomic E-state index is 11.7. The Bertz CT molecular complexity index is 347. The lowest BCUT2D eigenvalue weighted by Gasteiger charge is -2.07. The van der Waals surface area contributed by atoms with Gasteiger partial charge in [-0.3, -0.25) is 9.48 Å². The zero-order valence-electron chi connectivity index (χ0n) is 10.8. The van der Waals surface area contributed by atoms with E-state index in [0.29, 0.717) is 18.7 Å². The van der Waals surface area contributed by atoms with Gasteiger partial charge >= 0.3 is 0 Å². The quantitative estimate of drug-likeness (QED) is 0.733. The van der Waals surface area contributed by atoms with Crippen molar-refractivity contribution in [2.45, 2.75) is 39.8 Å². The predicted molar refractivity (Wildman–Crippen MR) is 65.9 cm³/mol. The molecule has 1 rings (SSSR count). The van der Waals surface area contributed by atoms with Gasteiger partial charge in [0.2, 0.25) is 0 Å². The van der Waals surface area contributed by atoms with Crippen LogP contribution in [0.3, 0.4) is 0 Å². The summed E-state index contributed by atoms with van der Waals surface area (Å²) < 4.78 is 7.12. The third kappa shape index (κ3) is 4.99. The molecule has 96 valence electrons. The van der Waals surface area contributed by atoms with Crippen LogP contribution in [0.5, 0.6) is 0 Å². The van der Waals surface area contributed by atoms with Gasteiger partial charge in [0.1, 0.15) is 0 Å². The van der Waals surface area contributed by atoms with E-state index >= 15 is 0 Å². The third-order valence-electron chi connectivity index (χ3n) is 2.28. The number of amides is 1. The second kappa shape index (κ2) is 7.06. The summed E-state index contributed by atoms with van der Waals surface area (Å²) in [4.78, 5) is 11.7. The minimum absolute atomic E-state index is 0.0748. The van der Waals surface area contributed by atoms with Crippen LogP contribution in [0, 0.1) is 0 Å². The molecule has 1 amide bonds. The van der Waals surface area contributed by atoms with Gasteiger partial charge < -0.3 is 10.1 Å². The summed E-state index contributed by atoms with van der Waals surface area (Å²) in [6.45, 7) is 8.05. The SMILES string of the molecule is CCn1cc(C(=O)NCCCOC(C)C)cn1. The molecule has 1 aromatic heterocycles. The third-order valence-corrected chi connectivity index (χ3v) is 2.28. The molecule has 0 aliphatic carbocycles. The van der Waals surface area contributed by atoms with Crippen molar-refractivity contribution in [3.63, 3.8) is 0 Å². The molecule has 0 saturated heterocycles. The van der Waals surface area contributed by atoms with Crippen LogP contribution in [0.25, 0.3) is 0 Å². The van der Waals surface area contributed by atoms with E-state index < -0.39 is 0 Å². The van der Waals surface area contributed by atoms with Crippen LogP contribution in [0.15, 0.2) is 12.4 Å². The summed E-state index contributed by atoms with van der Waals surface area (Å²) in [5, 5.41) is 6.89. The minimum Gasteiger partial charge on any atom is -0.379 e. The molecule has 0 saturated carbocycles. The Morgan fingerprint density at radius 3 is 2.94 bits per heavy atom. The van der Waals surface area contributed by atoms with Crippen molar-refractivity contribution < 1.29 is 9.53 Å². The monoisotopic (exact) mass is 239 g/mol. The summed E-state index contributed by atoms with van der Waals surface area (Å²) in [7, 11) is 0. The number of nitrogens with one attached hydrogen (secondary N) is 1. The van der Waals surface area contributed by atoms with Gasteiger partial charge in [-0.15, -0.1) is 0 Å². The van der Waals surface area contributed by atoms with Gasteiger partial charge in [0, 0.05) is 25.9 Å². The predicted octanol–water partition coefficient (Wildman–Crippen LogP) is 1.45. The lowest BCUT2D eigenvalue weighted by atomic mass is 10.3. The standard InChI is InChI=1S/C12H21N3O2/c1-4-15-9-11(8-14-15)12(16)13-6-5-7-17-10(2)3/h8-10H,4-7H2,1-3H3,(H,13,16). The second-order valence-electron chi connectivity index (χ2n) is 4.11. The zero-order chi connectivity index (χ0) is 12.7. The number of hydrogen-bond donors (Lipinski definition) is 1. The second-order valence-corrected chi connectivity index (χ2v) is 4.11. The molecule has 0 spiro atoms. The highest BCUT2D eigenvalue weighted by Gasteiger charge is 2.06. The molecule has 1 N–H and O–H groups in total. The molecular formula is C12H21N3O2. The largest absolute Gasteiger partial charge is 0.379 e. The molecule has 0 radical (unpaired) electrons. The molecule has 1 aromatic rings. The Labute approximate surface area is 102 Å². The van der Waals surface area contributed by atoms with Gasteiger partial charge in [-0.25, -0.2) is 0 Å². The number of carbonyl (C=O) groups is 1. The topological polar surface area (TPSA) is 56.2 Å². The first-order valence-electron chi connectivity index (χ1n) is 6.05. The van der Waals surface area contributed by atoms with E-state index in [1.165, 1.54) is 0 Å². The van der Waals surface area contributed by atoms with Gasteiger partial charge in [0.05, 0.1) is 17.9 Å². The first-order valence-corrected chi connectivity index (χ1v) is 6.05. The fraction of sp³-hybridized carbons (Fsp3) is 0.667. The first kappa shape index (κ1) is 13.7. The number of nitrogens with zero attached hydrogens (tertiary/aromatic N) is 2. The zero-order valence-corrected chi connectivity index (χ0v) is 10.8. The summed E-state index contributed by atoms with van der Waals surface area (Å²) in [6, 6.07) is 0. The van der Waals surface area contributed by atoms with Crippen molar-refractivity contribution >= 4 is 5.91 Å². The molecule has 17 heavy (non-hydrogen) atoms. The van der Waals surface area contributed by atoms with Gasteiger partial charge in [-0.1, -0.05) is 0 Å². The average molecular weight is 239 g/mol. The fourth-order valence-corrected chi connectivity index (χ4v) is 1.35. The molecular weight excluding hydrogens is 218 g/mol. The Balaban J connectivity index is 2.21. The van der Waals surface area contributed by atoms with E-state index in [4.69, 9.17) is 4.74 Å². The first-order chi connectivity index (χ1) is 8.13. The highest BCUT2D eigenvalue weighted by molar-refractivity contribution is 5.93. The van der Waals surface area contributed by atoms with Crippen LogP contribution in [0.4, 0.5) is 0 Å². The molecule has 0 atom stereocenters. The maximum Gasteiger partial charge on any atom is 0.254 e. The van der Waals surface area contributed by atoms with Crippen molar-refractivity contribution in [3.8, 4) is 0 Å². The Hall–Kier alpha value is -1.36. The number of ether oxygens (including phenoxy) is 1. The minimum atomic E-state index is -0.0748. The maximum absolute atomic E-state index is 11.7. The molecule has 0 fully saturated rings. The van der Waals surface area contributed by atoms with Crippen molar-refractivity contribution in [2.24, 2.45) is 0 Å². The highest BCUT2D eigenvalue weighted by atomic mass is 16.5. The Morgan fingerprint density at radius 1 is 1.59 bits per heavy atom. The number of carbonyl (C=O) groups excluding carboxylic acids is 1. The molecule has 0 bridgehead atoms. The molecule has 5 nitrogen and oxygen atoms in total. The van der Waals surface area contributed by atoms with E-state index in [-0.39, 0.29) is 12.0 Å². The van der Waals surface area contributed by atoms with Crippen molar-refractivity contribution in [2.75, 3.05) is 13.2 Å². The van der Waals surface area contributed by atoms with E-state index in [1.807, 2.05) is 20.8 Å². The van der Waals surface area contributed by atoms with Crippen molar-refractivity contribution in [1.82, 2.24) is 15.1 Å². The number of hydrogen-bond acceptors (Lipinski definition) is 3. The number of aryl methyl sites for hydroxylation is 1. The molecule has 5 heteroatoms. The molecule has 0 aliphatic rings. The Morgan fingerprint density at radius 2 is 2.35 bits per heavy atom. The van der Waals surface area contributed by atoms with E-state index in [1.54, 1.807) is 17.1 Å². The highest BCUT2D eigenvalue weighted by Crippen LogP contribution is 1.97. The lowest BCUT2D eigenvalue weighted by molar-refractivity contribution is 0.0757. The molecule has 0 aromatic carbocycles. The van der Waals surface area contributed by atoms with Gasteiger partial charge in [0.15, 0.2) is 0 Å². The van der Waals surface area contributed by atoms with Crippen LogP contribution in [-0.2, 0) is 11.3 Å². The summed E-state index contributed by atoms with van der Waals surface area (Å²) in [5.41, 5.74) is 0.608. The van der Waals surface area contributed by atoms with Gasteiger partial charge in [-0.2, -0.15) is 5.10 Å². The summed E-state index contributed by atoms with van der Waals surface area (Å²) >= 11 is 0. The smallest absolute Gasteiger partial charge is 0.254 e. The number of aromatic nitrogens is 2. The fourth-order valence-electron chi connectivity index (χ4n) is 1.35. The lowest BCUT2D eigenvalue weighted by Crippen LogP contribution is -2.25. The van der Waals surface area contributed by atoms with E-state index in [0.717, 1.165) is 13.0 Å². The molecule has 0 unspecified atom stereocenters. The van der Waals surface area contributed by atoms with Crippen LogP contribution < -0.4 is 5.32 Å². The molecule has 1 heterocycles. The summed E-state index contributed by atoms with van der Waals surface area (Å²) in [6.07, 6.45) is 4.41. The van der Waals surface area contributed by atoms with Crippen LogP contribution in [0.2, 0.25) is 0 Å². The van der Waals surface area contributed by atoms with Crippen molar-refractivity contribution in [1.29, 1.82) is 0 Å². The average Bonchev–Trinajstić information content (AvgIpc) is 2.76.